The van der Waals surface area contributed by atoms with E-state index in [2.05, 4.69) is 9.80 Å². The van der Waals surface area contributed by atoms with Crippen LogP contribution in [0.1, 0.15) is 0 Å². The van der Waals surface area contributed by atoms with Crippen molar-refractivity contribution in [3.05, 3.63) is 30.1 Å². The zero-order valence-corrected chi connectivity index (χ0v) is 12.5. The van der Waals surface area contributed by atoms with Gasteiger partial charge >= 0.3 is 0 Å². The van der Waals surface area contributed by atoms with Crippen LogP contribution in [0, 0.1) is 5.82 Å². The summed E-state index contributed by atoms with van der Waals surface area (Å²) in [6, 6.07) is 6.09. The van der Waals surface area contributed by atoms with Crippen molar-refractivity contribution >= 4 is 15.5 Å². The van der Waals surface area contributed by atoms with E-state index in [-0.39, 0.29) is 23.4 Å². The first-order chi connectivity index (χ1) is 9.94. The molecule has 0 saturated carbocycles. The molecule has 1 N–H and O–H groups in total. The van der Waals surface area contributed by atoms with Crippen molar-refractivity contribution in [3.63, 3.8) is 0 Å². The Balaban J connectivity index is 1.62. The maximum absolute atomic E-state index is 12.9. The molecule has 116 valence electrons. The number of sulfone groups is 1. The van der Waals surface area contributed by atoms with Gasteiger partial charge in [-0.2, -0.15) is 0 Å². The summed E-state index contributed by atoms with van der Waals surface area (Å²) in [4.78, 5) is 4.20. The Morgan fingerprint density at radius 2 is 1.67 bits per heavy atom. The molecule has 3 rings (SSSR count). The number of aliphatic hydroxyl groups is 1. The molecule has 2 fully saturated rings. The number of hydrogen-bond donors (Lipinski definition) is 1. The highest BCUT2D eigenvalue weighted by molar-refractivity contribution is 7.91. The molecule has 2 saturated heterocycles. The van der Waals surface area contributed by atoms with Gasteiger partial charge in [-0.05, 0) is 24.3 Å². The highest BCUT2D eigenvalue weighted by Gasteiger charge is 2.40. The van der Waals surface area contributed by atoms with Crippen molar-refractivity contribution in [1.82, 2.24) is 4.90 Å². The molecule has 21 heavy (non-hydrogen) atoms. The summed E-state index contributed by atoms with van der Waals surface area (Å²) < 4.78 is 36.1. The lowest BCUT2D eigenvalue weighted by molar-refractivity contribution is 0.0793. The number of anilines is 1. The summed E-state index contributed by atoms with van der Waals surface area (Å²) in [6.45, 7) is 2.90. The molecule has 2 aliphatic heterocycles. The summed E-state index contributed by atoms with van der Waals surface area (Å²) in [5.41, 5.74) is 0.968. The van der Waals surface area contributed by atoms with Crippen LogP contribution in [-0.2, 0) is 9.84 Å². The predicted octanol–water partition coefficient (Wildman–Crippen LogP) is 0.106. The van der Waals surface area contributed by atoms with Crippen LogP contribution in [-0.4, -0.2) is 68.3 Å². The van der Waals surface area contributed by atoms with Crippen LogP contribution in [0.25, 0.3) is 0 Å². The normalized spacial score (nSPS) is 29.7. The Morgan fingerprint density at radius 3 is 2.19 bits per heavy atom. The summed E-state index contributed by atoms with van der Waals surface area (Å²) in [7, 11) is -3.11. The number of nitrogens with zero attached hydrogens (tertiary/aromatic N) is 2. The summed E-state index contributed by atoms with van der Waals surface area (Å²) in [6.07, 6.45) is -0.785. The van der Waals surface area contributed by atoms with Gasteiger partial charge in [0, 0.05) is 31.9 Å². The molecule has 2 heterocycles. The zero-order chi connectivity index (χ0) is 15.0. The minimum Gasteiger partial charge on any atom is -0.390 e. The fourth-order valence-electron chi connectivity index (χ4n) is 3.12. The van der Waals surface area contributed by atoms with E-state index in [1.54, 1.807) is 12.1 Å². The highest BCUT2D eigenvalue weighted by atomic mass is 32.2. The lowest BCUT2D eigenvalue weighted by Gasteiger charge is -2.39. The van der Waals surface area contributed by atoms with E-state index < -0.39 is 15.9 Å². The molecule has 7 heteroatoms. The lowest BCUT2D eigenvalue weighted by Crippen LogP contribution is -2.53. The van der Waals surface area contributed by atoms with Crippen LogP contribution >= 0.6 is 0 Å². The maximum atomic E-state index is 12.9. The number of aliphatic hydroxyl groups excluding tert-OH is 1. The van der Waals surface area contributed by atoms with E-state index in [0.717, 1.165) is 18.8 Å². The molecule has 0 amide bonds. The molecule has 0 aromatic heterocycles. The monoisotopic (exact) mass is 314 g/mol. The van der Waals surface area contributed by atoms with E-state index in [0.29, 0.717) is 13.1 Å². The van der Waals surface area contributed by atoms with Gasteiger partial charge in [-0.3, -0.25) is 4.90 Å². The maximum Gasteiger partial charge on any atom is 0.154 e. The Kier molecular flexibility index (Phi) is 3.90. The van der Waals surface area contributed by atoms with Crippen LogP contribution in [0.5, 0.6) is 0 Å². The first-order valence-electron chi connectivity index (χ1n) is 7.08. The molecule has 2 atom stereocenters. The second-order valence-corrected chi connectivity index (χ2v) is 7.86. The summed E-state index contributed by atoms with van der Waals surface area (Å²) in [5, 5.41) is 9.91. The topological polar surface area (TPSA) is 60.9 Å². The van der Waals surface area contributed by atoms with Crippen LogP contribution in [0.4, 0.5) is 10.1 Å². The van der Waals surface area contributed by atoms with Gasteiger partial charge in [0.1, 0.15) is 5.82 Å². The summed E-state index contributed by atoms with van der Waals surface area (Å²) in [5.74, 6) is -0.336. The van der Waals surface area contributed by atoms with E-state index in [1.165, 1.54) is 12.1 Å². The van der Waals surface area contributed by atoms with Crippen molar-refractivity contribution in [1.29, 1.82) is 0 Å². The van der Waals surface area contributed by atoms with Gasteiger partial charge < -0.3 is 10.0 Å². The van der Waals surface area contributed by atoms with Gasteiger partial charge in [-0.15, -0.1) is 0 Å². The van der Waals surface area contributed by atoms with Crippen molar-refractivity contribution < 1.29 is 17.9 Å². The van der Waals surface area contributed by atoms with E-state index in [9.17, 15) is 17.9 Å². The molecule has 2 unspecified atom stereocenters. The molecular formula is C14H19FN2O3S. The first-order valence-corrected chi connectivity index (χ1v) is 8.90. The van der Waals surface area contributed by atoms with E-state index >= 15 is 0 Å². The Morgan fingerprint density at radius 1 is 1.05 bits per heavy atom. The SMILES string of the molecule is O=S1(=O)CC(O)C(N2CCN(c3ccc(F)cc3)CC2)C1. The Bertz CT molecular complexity index is 597. The average molecular weight is 314 g/mol. The highest BCUT2D eigenvalue weighted by Crippen LogP contribution is 2.22. The second kappa shape index (κ2) is 5.55. The first kappa shape index (κ1) is 14.7. The standard InChI is InChI=1S/C14H19FN2O3S/c15-11-1-3-12(4-2-11)16-5-7-17(8-6-16)13-9-21(19,20)10-14(13)18/h1-4,13-14,18H,5-10H2. The van der Waals surface area contributed by atoms with Crippen molar-refractivity contribution in [2.24, 2.45) is 0 Å². The van der Waals surface area contributed by atoms with Gasteiger partial charge in [0.25, 0.3) is 0 Å². The Hall–Kier alpha value is -1.18. The number of rotatable bonds is 2. The molecule has 2 aliphatic rings. The van der Waals surface area contributed by atoms with Crippen molar-refractivity contribution in [2.45, 2.75) is 12.1 Å². The van der Waals surface area contributed by atoms with Crippen LogP contribution in [0.15, 0.2) is 24.3 Å². The molecular weight excluding hydrogens is 295 g/mol. The number of halogens is 1. The second-order valence-electron chi connectivity index (χ2n) is 5.71. The predicted molar refractivity (Wildman–Crippen MR) is 78.6 cm³/mol. The number of piperazine rings is 1. The lowest BCUT2D eigenvalue weighted by atomic mass is 10.1. The largest absolute Gasteiger partial charge is 0.390 e. The van der Waals surface area contributed by atoms with Gasteiger partial charge in [0.15, 0.2) is 9.84 Å². The fraction of sp³-hybridized carbons (Fsp3) is 0.571. The molecule has 5 nitrogen and oxygen atoms in total. The zero-order valence-electron chi connectivity index (χ0n) is 11.7. The van der Waals surface area contributed by atoms with Crippen molar-refractivity contribution in [3.8, 4) is 0 Å². The van der Waals surface area contributed by atoms with Crippen molar-refractivity contribution in [2.75, 3.05) is 42.6 Å². The molecule has 1 aromatic rings. The average Bonchev–Trinajstić information content (AvgIpc) is 2.73. The quantitative estimate of drug-likeness (QED) is 0.839. The van der Waals surface area contributed by atoms with Crippen LogP contribution in [0.2, 0.25) is 0 Å². The third-order valence-corrected chi connectivity index (χ3v) is 5.97. The molecule has 0 bridgehead atoms. The molecule has 0 radical (unpaired) electrons. The smallest absolute Gasteiger partial charge is 0.154 e. The van der Waals surface area contributed by atoms with Gasteiger partial charge in [0.05, 0.1) is 23.7 Å². The van der Waals surface area contributed by atoms with E-state index in [4.69, 9.17) is 0 Å². The third kappa shape index (κ3) is 3.20. The number of benzene rings is 1. The molecule has 0 aliphatic carbocycles. The van der Waals surface area contributed by atoms with Gasteiger partial charge in [0.2, 0.25) is 0 Å². The fourth-order valence-corrected chi connectivity index (χ4v) is 4.95. The van der Waals surface area contributed by atoms with Gasteiger partial charge in [-0.1, -0.05) is 0 Å². The van der Waals surface area contributed by atoms with Crippen LogP contribution in [0.3, 0.4) is 0 Å². The molecule has 0 spiro atoms. The van der Waals surface area contributed by atoms with Crippen LogP contribution < -0.4 is 4.90 Å². The minimum absolute atomic E-state index is 0.0463. The Labute approximate surface area is 123 Å². The van der Waals surface area contributed by atoms with E-state index in [1.807, 2.05) is 0 Å². The number of hydrogen-bond acceptors (Lipinski definition) is 5. The van der Waals surface area contributed by atoms with Gasteiger partial charge in [-0.25, -0.2) is 12.8 Å². The molecule has 1 aromatic carbocycles. The third-order valence-electron chi connectivity index (χ3n) is 4.27. The minimum atomic E-state index is -3.11. The summed E-state index contributed by atoms with van der Waals surface area (Å²) >= 11 is 0.